The topological polar surface area (TPSA) is 88.4 Å². The van der Waals surface area contributed by atoms with Crippen LogP contribution in [0.2, 0.25) is 0 Å². The second-order valence-electron chi connectivity index (χ2n) is 6.01. The number of anilines is 1. The van der Waals surface area contributed by atoms with Gasteiger partial charge in [-0.15, -0.1) is 0 Å². The van der Waals surface area contributed by atoms with Crippen LogP contribution in [0.25, 0.3) is 0 Å². The van der Waals surface area contributed by atoms with Crippen molar-refractivity contribution in [3.63, 3.8) is 0 Å². The van der Waals surface area contributed by atoms with Gasteiger partial charge < -0.3 is 14.8 Å². The summed E-state index contributed by atoms with van der Waals surface area (Å²) >= 11 is 0. The lowest BCUT2D eigenvalue weighted by Gasteiger charge is -2.15. The van der Waals surface area contributed by atoms with Gasteiger partial charge >= 0.3 is 5.97 Å². The fraction of sp³-hybridized carbons (Fsp3) is 0.286. The molecule has 2 aromatic rings. The van der Waals surface area contributed by atoms with Crippen molar-refractivity contribution < 1.29 is 19.1 Å². The second-order valence-corrected chi connectivity index (χ2v) is 6.01. The summed E-state index contributed by atoms with van der Waals surface area (Å²) in [4.78, 5) is 24.2. The molecule has 27 heavy (non-hydrogen) atoms. The largest absolute Gasteiger partial charge is 0.479 e. The molecule has 0 saturated carbocycles. The highest BCUT2D eigenvalue weighted by molar-refractivity contribution is 5.94. The number of carbonyl (C=O) groups is 2. The summed E-state index contributed by atoms with van der Waals surface area (Å²) < 4.78 is 10.5. The maximum Gasteiger partial charge on any atom is 0.347 e. The molecule has 0 fully saturated rings. The summed E-state index contributed by atoms with van der Waals surface area (Å²) in [5, 5.41) is 11.6. The van der Waals surface area contributed by atoms with E-state index in [0.717, 1.165) is 23.2 Å². The number of nitrogens with zero attached hydrogens (tertiary/aromatic N) is 1. The maximum atomic E-state index is 12.1. The number of amides is 1. The molecule has 2 rings (SSSR count). The number of ether oxygens (including phenoxy) is 2. The van der Waals surface area contributed by atoms with Gasteiger partial charge in [0.1, 0.15) is 5.75 Å². The summed E-state index contributed by atoms with van der Waals surface area (Å²) in [6.07, 6.45) is -0.0950. The molecular formula is C21H22N2O4. The van der Waals surface area contributed by atoms with Gasteiger partial charge in [-0.1, -0.05) is 25.1 Å². The van der Waals surface area contributed by atoms with Gasteiger partial charge in [0, 0.05) is 5.69 Å². The molecule has 140 valence electrons. The number of nitriles is 1. The van der Waals surface area contributed by atoms with E-state index in [9.17, 15) is 9.59 Å². The molecule has 0 aliphatic carbocycles. The first-order chi connectivity index (χ1) is 12.9. The van der Waals surface area contributed by atoms with E-state index in [0.29, 0.717) is 11.3 Å². The van der Waals surface area contributed by atoms with Crippen molar-refractivity contribution in [1.29, 1.82) is 5.26 Å². The molecule has 0 aliphatic rings. The number of benzene rings is 2. The standard InChI is InChI=1S/C21H22N2O4/c1-4-17-7-5-6-14(2)20(17)23-19(24)13-26-21(25)15(3)27-18-10-8-16(12-22)9-11-18/h5-11,15H,4,13H2,1-3H3,(H,23,24)/t15-/m1/s1. The first-order valence-corrected chi connectivity index (χ1v) is 8.66. The van der Waals surface area contributed by atoms with Crippen LogP contribution in [0, 0.1) is 18.3 Å². The lowest BCUT2D eigenvalue weighted by Crippen LogP contribution is -2.30. The Morgan fingerprint density at radius 2 is 1.89 bits per heavy atom. The maximum absolute atomic E-state index is 12.1. The van der Waals surface area contributed by atoms with Crippen molar-refractivity contribution in [3.05, 3.63) is 59.2 Å². The molecule has 1 atom stereocenters. The number of para-hydroxylation sites is 1. The van der Waals surface area contributed by atoms with Gasteiger partial charge in [-0.25, -0.2) is 4.79 Å². The van der Waals surface area contributed by atoms with E-state index in [1.54, 1.807) is 24.3 Å². The third-order valence-electron chi connectivity index (χ3n) is 3.98. The molecule has 0 radical (unpaired) electrons. The van der Waals surface area contributed by atoms with Gasteiger partial charge in [0.05, 0.1) is 11.6 Å². The van der Waals surface area contributed by atoms with E-state index >= 15 is 0 Å². The smallest absolute Gasteiger partial charge is 0.347 e. The fourth-order valence-corrected chi connectivity index (χ4v) is 2.49. The SMILES string of the molecule is CCc1cccc(C)c1NC(=O)COC(=O)[C@@H](C)Oc1ccc(C#N)cc1. The molecule has 1 N–H and O–H groups in total. The molecule has 0 aliphatic heterocycles. The zero-order valence-corrected chi connectivity index (χ0v) is 15.6. The van der Waals surface area contributed by atoms with Gasteiger partial charge in [-0.3, -0.25) is 4.79 Å². The van der Waals surface area contributed by atoms with Crippen molar-refractivity contribution in [1.82, 2.24) is 0 Å². The average Bonchev–Trinajstić information content (AvgIpc) is 2.68. The van der Waals surface area contributed by atoms with E-state index < -0.39 is 24.6 Å². The first kappa shape index (κ1) is 20.0. The van der Waals surface area contributed by atoms with E-state index in [1.165, 1.54) is 6.92 Å². The number of carbonyl (C=O) groups excluding carboxylic acids is 2. The van der Waals surface area contributed by atoms with Crippen molar-refractivity contribution in [2.45, 2.75) is 33.3 Å². The Balaban J connectivity index is 1.87. The predicted molar refractivity (Wildman–Crippen MR) is 101 cm³/mol. The number of hydrogen-bond donors (Lipinski definition) is 1. The summed E-state index contributed by atoms with van der Waals surface area (Å²) in [7, 11) is 0. The van der Waals surface area contributed by atoms with Gasteiger partial charge in [-0.05, 0) is 55.7 Å². The normalized spacial score (nSPS) is 11.2. The Bertz CT molecular complexity index is 853. The number of nitrogens with one attached hydrogen (secondary N) is 1. The monoisotopic (exact) mass is 366 g/mol. The van der Waals surface area contributed by atoms with E-state index in [-0.39, 0.29) is 0 Å². The molecule has 0 saturated heterocycles. The Kier molecular flexibility index (Phi) is 6.95. The number of rotatable bonds is 7. The third-order valence-corrected chi connectivity index (χ3v) is 3.98. The van der Waals surface area contributed by atoms with Crippen LogP contribution in [0.5, 0.6) is 5.75 Å². The van der Waals surface area contributed by atoms with Crippen LogP contribution in [0.1, 0.15) is 30.5 Å². The van der Waals surface area contributed by atoms with Crippen LogP contribution >= 0.6 is 0 Å². The van der Waals surface area contributed by atoms with Crippen LogP contribution in [0.3, 0.4) is 0 Å². The molecule has 0 bridgehead atoms. The Morgan fingerprint density at radius 3 is 2.52 bits per heavy atom. The van der Waals surface area contributed by atoms with Crippen molar-refractivity contribution in [2.75, 3.05) is 11.9 Å². The molecule has 0 spiro atoms. The first-order valence-electron chi connectivity index (χ1n) is 8.66. The van der Waals surface area contributed by atoms with Crippen LogP contribution in [-0.4, -0.2) is 24.6 Å². The third kappa shape index (κ3) is 5.58. The number of esters is 1. The van der Waals surface area contributed by atoms with Crippen molar-refractivity contribution in [2.24, 2.45) is 0 Å². The number of aryl methyl sites for hydroxylation is 2. The average molecular weight is 366 g/mol. The molecule has 0 unspecified atom stereocenters. The second kappa shape index (κ2) is 9.39. The van der Waals surface area contributed by atoms with Crippen molar-refractivity contribution in [3.8, 4) is 11.8 Å². The Hall–Kier alpha value is -3.33. The zero-order chi connectivity index (χ0) is 19.8. The summed E-state index contributed by atoms with van der Waals surface area (Å²) in [6, 6.07) is 14.2. The zero-order valence-electron chi connectivity index (χ0n) is 15.6. The van der Waals surface area contributed by atoms with Gasteiger partial charge in [0.15, 0.2) is 12.7 Å². The molecule has 1 amide bonds. The summed E-state index contributed by atoms with van der Waals surface area (Å²) in [5.74, 6) is -0.608. The van der Waals surface area contributed by atoms with Gasteiger partial charge in [-0.2, -0.15) is 5.26 Å². The van der Waals surface area contributed by atoms with Crippen molar-refractivity contribution >= 4 is 17.6 Å². The molecule has 6 nitrogen and oxygen atoms in total. The van der Waals surface area contributed by atoms with E-state index in [1.807, 2.05) is 38.1 Å². The van der Waals surface area contributed by atoms with Crippen LogP contribution < -0.4 is 10.1 Å². The highest BCUT2D eigenvalue weighted by atomic mass is 16.6. The minimum Gasteiger partial charge on any atom is -0.479 e. The summed E-state index contributed by atoms with van der Waals surface area (Å²) in [6.45, 7) is 5.06. The molecule has 6 heteroatoms. The van der Waals surface area contributed by atoms with E-state index in [2.05, 4.69) is 5.32 Å². The van der Waals surface area contributed by atoms with Crippen LogP contribution in [-0.2, 0) is 20.7 Å². The van der Waals surface area contributed by atoms with Gasteiger partial charge in [0.2, 0.25) is 0 Å². The Morgan fingerprint density at radius 1 is 1.19 bits per heavy atom. The van der Waals surface area contributed by atoms with E-state index in [4.69, 9.17) is 14.7 Å². The lowest BCUT2D eigenvalue weighted by atomic mass is 10.1. The van der Waals surface area contributed by atoms with Crippen LogP contribution in [0.4, 0.5) is 5.69 Å². The fourth-order valence-electron chi connectivity index (χ4n) is 2.49. The Labute approximate surface area is 158 Å². The molecule has 2 aromatic carbocycles. The molecule has 0 heterocycles. The highest BCUT2D eigenvalue weighted by Crippen LogP contribution is 2.21. The van der Waals surface area contributed by atoms with Crippen LogP contribution in [0.15, 0.2) is 42.5 Å². The minimum atomic E-state index is -0.879. The lowest BCUT2D eigenvalue weighted by molar-refractivity contribution is -0.153. The highest BCUT2D eigenvalue weighted by Gasteiger charge is 2.18. The van der Waals surface area contributed by atoms with Gasteiger partial charge in [0.25, 0.3) is 5.91 Å². The molecular weight excluding hydrogens is 344 g/mol. The predicted octanol–water partition coefficient (Wildman–Crippen LogP) is 3.38. The molecule has 0 aromatic heterocycles. The number of hydrogen-bond acceptors (Lipinski definition) is 5. The minimum absolute atomic E-state index is 0.391. The summed E-state index contributed by atoms with van der Waals surface area (Å²) in [5.41, 5.74) is 3.22. The quantitative estimate of drug-likeness (QED) is 0.759.